The van der Waals surface area contributed by atoms with Crippen molar-refractivity contribution in [3.05, 3.63) is 23.3 Å². The van der Waals surface area contributed by atoms with E-state index in [1.54, 1.807) is 7.05 Å². The van der Waals surface area contributed by atoms with Crippen molar-refractivity contribution in [1.29, 1.82) is 0 Å². The number of carbonyl (C=O) groups is 2. The fraction of sp³-hybridized carbons (Fsp3) is 0.625. The van der Waals surface area contributed by atoms with E-state index in [0.717, 1.165) is 43.1 Å². The van der Waals surface area contributed by atoms with Crippen LogP contribution in [0.25, 0.3) is 0 Å². The zero-order valence-electron chi connectivity index (χ0n) is 13.8. The largest absolute Gasteiger partial charge is 0.369 e. The highest BCUT2D eigenvalue weighted by molar-refractivity contribution is 5.76. The minimum atomic E-state index is -0.280. The van der Waals surface area contributed by atoms with Crippen LogP contribution >= 0.6 is 0 Å². The van der Waals surface area contributed by atoms with Gasteiger partial charge in [-0.15, -0.1) is 0 Å². The molecule has 1 aliphatic rings. The molecule has 7 nitrogen and oxygen atoms in total. The van der Waals surface area contributed by atoms with Crippen molar-refractivity contribution < 1.29 is 9.59 Å². The lowest BCUT2D eigenvalue weighted by molar-refractivity contribution is -0.121. The molecule has 3 N–H and O–H groups in total. The topological polar surface area (TPSA) is 101 Å². The Kier molecular flexibility index (Phi) is 6.04. The number of nitrogens with zero attached hydrogens (tertiary/aromatic N) is 3. The fourth-order valence-electron chi connectivity index (χ4n) is 2.97. The van der Waals surface area contributed by atoms with Crippen LogP contribution in [-0.2, 0) is 16.0 Å². The van der Waals surface area contributed by atoms with E-state index in [0.29, 0.717) is 25.3 Å². The van der Waals surface area contributed by atoms with Gasteiger partial charge in [0.1, 0.15) is 5.82 Å². The molecule has 2 rings (SSSR count). The van der Waals surface area contributed by atoms with E-state index in [1.165, 1.54) is 0 Å². The van der Waals surface area contributed by atoms with Crippen LogP contribution in [0.5, 0.6) is 0 Å². The van der Waals surface area contributed by atoms with E-state index in [1.807, 2.05) is 13.0 Å². The van der Waals surface area contributed by atoms with Crippen molar-refractivity contribution >= 4 is 11.8 Å². The molecule has 1 aromatic heterocycles. The summed E-state index contributed by atoms with van der Waals surface area (Å²) in [5, 5.41) is 2.62. The number of aromatic nitrogens is 2. The van der Waals surface area contributed by atoms with Crippen LogP contribution in [0.3, 0.4) is 0 Å². The van der Waals surface area contributed by atoms with Gasteiger partial charge in [-0.3, -0.25) is 14.5 Å². The van der Waals surface area contributed by atoms with Gasteiger partial charge in [0.05, 0.1) is 6.54 Å². The van der Waals surface area contributed by atoms with E-state index in [2.05, 4.69) is 20.2 Å². The van der Waals surface area contributed by atoms with E-state index in [9.17, 15) is 9.59 Å². The number of aryl methyl sites for hydroxylation is 2. The van der Waals surface area contributed by atoms with Crippen LogP contribution in [0.1, 0.15) is 42.4 Å². The maximum Gasteiger partial charge on any atom is 0.231 e. The number of piperidine rings is 1. The lowest BCUT2D eigenvalue weighted by Gasteiger charge is -2.30. The molecule has 2 heterocycles. The summed E-state index contributed by atoms with van der Waals surface area (Å²) < 4.78 is 0. The quantitative estimate of drug-likeness (QED) is 0.776. The molecule has 1 aliphatic heterocycles. The summed E-state index contributed by atoms with van der Waals surface area (Å²) in [6.07, 6.45) is 2.97. The van der Waals surface area contributed by atoms with Gasteiger partial charge in [0.2, 0.25) is 11.8 Å². The first-order valence-electron chi connectivity index (χ1n) is 8.03. The number of nitrogens with one attached hydrogen (secondary N) is 1. The van der Waals surface area contributed by atoms with Crippen molar-refractivity contribution in [2.24, 2.45) is 5.73 Å². The predicted molar refractivity (Wildman–Crippen MR) is 86.8 cm³/mol. The lowest BCUT2D eigenvalue weighted by atomic mass is 9.92. The highest BCUT2D eigenvalue weighted by Gasteiger charge is 2.23. The molecule has 0 atom stereocenters. The Morgan fingerprint density at radius 3 is 2.65 bits per heavy atom. The molecule has 0 unspecified atom stereocenters. The number of hydrogen-bond donors (Lipinski definition) is 2. The Hall–Kier alpha value is -2.02. The minimum absolute atomic E-state index is 0.0163. The number of nitrogens with two attached hydrogens (primary N) is 1. The normalized spacial score (nSPS) is 16.3. The van der Waals surface area contributed by atoms with Gasteiger partial charge in [0.25, 0.3) is 0 Å². The third-order valence-electron chi connectivity index (χ3n) is 4.18. The van der Waals surface area contributed by atoms with Gasteiger partial charge in [-0.1, -0.05) is 0 Å². The van der Waals surface area contributed by atoms with Gasteiger partial charge in [-0.25, -0.2) is 9.97 Å². The van der Waals surface area contributed by atoms with Crippen LogP contribution in [0.4, 0.5) is 0 Å². The SMILES string of the molecule is CNC(=O)CCc1cc(C2CCN(CC(N)=O)CC2)nc(C)n1. The second kappa shape index (κ2) is 8.01. The molecule has 126 valence electrons. The van der Waals surface area contributed by atoms with Crippen molar-refractivity contribution in [1.82, 2.24) is 20.2 Å². The third-order valence-corrected chi connectivity index (χ3v) is 4.18. The molecule has 1 fully saturated rings. The first-order chi connectivity index (χ1) is 11.0. The summed E-state index contributed by atoms with van der Waals surface area (Å²) in [6.45, 7) is 3.91. The number of rotatable bonds is 6. The molecule has 7 heteroatoms. The number of likely N-dealkylation sites (tertiary alicyclic amines) is 1. The Morgan fingerprint density at radius 1 is 1.35 bits per heavy atom. The molecule has 0 bridgehead atoms. The van der Waals surface area contributed by atoms with Crippen molar-refractivity contribution in [2.45, 2.75) is 38.5 Å². The highest BCUT2D eigenvalue weighted by atomic mass is 16.1. The summed E-state index contributed by atoms with van der Waals surface area (Å²) in [7, 11) is 1.64. The van der Waals surface area contributed by atoms with Crippen LogP contribution in [0.2, 0.25) is 0 Å². The monoisotopic (exact) mass is 319 g/mol. The second-order valence-electron chi connectivity index (χ2n) is 6.02. The molecule has 23 heavy (non-hydrogen) atoms. The first kappa shape index (κ1) is 17.3. The molecule has 1 saturated heterocycles. The summed E-state index contributed by atoms with van der Waals surface area (Å²) in [5.74, 6) is 0.856. The summed E-state index contributed by atoms with van der Waals surface area (Å²) >= 11 is 0. The maximum atomic E-state index is 11.4. The molecule has 0 aliphatic carbocycles. The predicted octanol–water partition coefficient (Wildman–Crippen LogP) is 0.128. The van der Waals surface area contributed by atoms with Crippen LogP contribution in [-0.4, -0.2) is 53.4 Å². The maximum absolute atomic E-state index is 11.4. The van der Waals surface area contributed by atoms with E-state index in [-0.39, 0.29) is 11.8 Å². The van der Waals surface area contributed by atoms with Gasteiger partial charge < -0.3 is 11.1 Å². The van der Waals surface area contributed by atoms with Crippen molar-refractivity contribution in [3.63, 3.8) is 0 Å². The smallest absolute Gasteiger partial charge is 0.231 e. The Morgan fingerprint density at radius 2 is 2.04 bits per heavy atom. The zero-order valence-corrected chi connectivity index (χ0v) is 13.8. The van der Waals surface area contributed by atoms with Gasteiger partial charge in [0.15, 0.2) is 0 Å². The van der Waals surface area contributed by atoms with Crippen molar-refractivity contribution in [3.8, 4) is 0 Å². The van der Waals surface area contributed by atoms with Crippen LogP contribution in [0, 0.1) is 6.92 Å². The number of primary amides is 1. The molecule has 0 aromatic carbocycles. The average molecular weight is 319 g/mol. The number of hydrogen-bond acceptors (Lipinski definition) is 5. The van der Waals surface area contributed by atoms with E-state index in [4.69, 9.17) is 5.73 Å². The Bertz CT molecular complexity index is 568. The molecular formula is C16H25N5O2. The third kappa shape index (κ3) is 5.28. The lowest BCUT2D eigenvalue weighted by Crippen LogP contribution is -2.39. The molecule has 0 radical (unpaired) electrons. The van der Waals surface area contributed by atoms with Gasteiger partial charge >= 0.3 is 0 Å². The fourth-order valence-corrected chi connectivity index (χ4v) is 2.97. The molecule has 0 spiro atoms. The summed E-state index contributed by atoms with van der Waals surface area (Å²) in [5.41, 5.74) is 7.20. The van der Waals surface area contributed by atoms with E-state index < -0.39 is 0 Å². The highest BCUT2D eigenvalue weighted by Crippen LogP contribution is 2.27. The standard InChI is InChI=1S/C16H25N5O2/c1-11-19-13(3-4-16(23)18-2)9-14(20-11)12-5-7-21(8-6-12)10-15(17)22/h9,12H,3-8,10H2,1-2H3,(H2,17,22)(H,18,23). The van der Waals surface area contributed by atoms with Gasteiger partial charge in [-0.05, 0) is 45.3 Å². The molecule has 2 amide bonds. The van der Waals surface area contributed by atoms with Crippen LogP contribution in [0.15, 0.2) is 6.07 Å². The summed E-state index contributed by atoms with van der Waals surface area (Å²) in [6, 6.07) is 2.02. The average Bonchev–Trinajstić information content (AvgIpc) is 2.52. The molecule has 0 saturated carbocycles. The summed E-state index contributed by atoms with van der Waals surface area (Å²) in [4.78, 5) is 33.4. The first-order valence-corrected chi connectivity index (χ1v) is 8.03. The number of amides is 2. The van der Waals surface area contributed by atoms with Gasteiger partial charge in [-0.2, -0.15) is 0 Å². The van der Waals surface area contributed by atoms with Crippen LogP contribution < -0.4 is 11.1 Å². The number of carbonyl (C=O) groups excluding carboxylic acids is 2. The Balaban J connectivity index is 1.98. The molecule has 1 aromatic rings. The second-order valence-corrected chi connectivity index (χ2v) is 6.02. The zero-order chi connectivity index (χ0) is 16.8. The van der Waals surface area contributed by atoms with Gasteiger partial charge in [0, 0.05) is 30.8 Å². The van der Waals surface area contributed by atoms with E-state index >= 15 is 0 Å². The minimum Gasteiger partial charge on any atom is -0.369 e. The van der Waals surface area contributed by atoms with Crippen molar-refractivity contribution in [2.75, 3.05) is 26.7 Å². The Labute approximate surface area is 136 Å². The molecular weight excluding hydrogens is 294 g/mol.